The molecule has 0 heterocycles. The number of aliphatic hydroxyl groups excluding tert-OH is 2. The quantitative estimate of drug-likeness (QED) is 0.667. The third-order valence-corrected chi connectivity index (χ3v) is 8.79. The highest BCUT2D eigenvalue weighted by Crippen LogP contribution is 2.70. The summed E-state index contributed by atoms with van der Waals surface area (Å²) >= 11 is 0. The predicted octanol–water partition coefficient (Wildman–Crippen LogP) is 1.90. The number of halogens is 1. The van der Waals surface area contributed by atoms with Crippen LogP contribution >= 0.6 is 0 Å². The normalized spacial score (nSPS) is 52.5. The number of carbonyl (C=O) groups excluding carboxylic acids is 2. The molecule has 0 spiro atoms. The number of ketones is 2. The van der Waals surface area contributed by atoms with Gasteiger partial charge < -0.3 is 15.3 Å². The molecule has 0 radical (unpaired) electrons. The van der Waals surface area contributed by atoms with E-state index in [9.17, 15) is 24.9 Å². The van der Waals surface area contributed by atoms with E-state index in [1.165, 1.54) is 12.2 Å². The van der Waals surface area contributed by atoms with Crippen LogP contribution in [0, 0.1) is 28.6 Å². The molecule has 3 N–H and O–H groups in total. The first-order valence-corrected chi connectivity index (χ1v) is 10.1. The fraction of sp³-hybridized carbons (Fsp3) is 0.727. The van der Waals surface area contributed by atoms with E-state index < -0.39 is 52.4 Å². The van der Waals surface area contributed by atoms with E-state index >= 15 is 4.39 Å². The third kappa shape index (κ3) is 2.01. The van der Waals surface area contributed by atoms with Crippen molar-refractivity contribution in [3.63, 3.8) is 0 Å². The van der Waals surface area contributed by atoms with E-state index in [1.54, 1.807) is 26.8 Å². The molecular weight excluding hydrogens is 363 g/mol. The summed E-state index contributed by atoms with van der Waals surface area (Å²) in [6, 6.07) is 0. The molecule has 28 heavy (non-hydrogen) atoms. The number of rotatable bonds is 2. The van der Waals surface area contributed by atoms with Crippen molar-refractivity contribution in [3.05, 3.63) is 23.8 Å². The fourth-order valence-electron chi connectivity index (χ4n) is 7.26. The largest absolute Gasteiger partial charge is 0.390 e. The van der Waals surface area contributed by atoms with Crippen LogP contribution in [0.1, 0.15) is 46.5 Å². The Balaban J connectivity index is 1.84. The minimum atomic E-state index is -1.98. The molecule has 8 atom stereocenters. The van der Waals surface area contributed by atoms with Gasteiger partial charge in [0, 0.05) is 16.7 Å². The minimum absolute atomic E-state index is 0.0676. The summed E-state index contributed by atoms with van der Waals surface area (Å²) in [6.45, 7) is 4.48. The van der Waals surface area contributed by atoms with Gasteiger partial charge in [0.2, 0.25) is 0 Å². The monoisotopic (exact) mass is 392 g/mol. The van der Waals surface area contributed by atoms with E-state index in [0.717, 1.165) is 0 Å². The Morgan fingerprint density at radius 2 is 2.00 bits per heavy atom. The first kappa shape index (κ1) is 19.9. The van der Waals surface area contributed by atoms with Gasteiger partial charge in [-0.1, -0.05) is 25.5 Å². The van der Waals surface area contributed by atoms with Gasteiger partial charge in [-0.2, -0.15) is 0 Å². The molecule has 154 valence electrons. The summed E-state index contributed by atoms with van der Waals surface area (Å²) in [7, 11) is 0. The average molecular weight is 392 g/mol. The van der Waals surface area contributed by atoms with Crippen LogP contribution in [0.25, 0.3) is 0 Å². The molecule has 4 aliphatic rings. The summed E-state index contributed by atoms with van der Waals surface area (Å²) in [6.07, 6.45) is 4.44. The maximum atomic E-state index is 16.9. The van der Waals surface area contributed by atoms with Crippen molar-refractivity contribution < 1.29 is 29.3 Å². The summed E-state index contributed by atoms with van der Waals surface area (Å²) in [4.78, 5) is 24.4. The van der Waals surface area contributed by atoms with E-state index in [4.69, 9.17) is 0 Å². The van der Waals surface area contributed by atoms with E-state index in [0.29, 0.717) is 24.8 Å². The molecule has 4 rings (SSSR count). The summed E-state index contributed by atoms with van der Waals surface area (Å²) in [5.74, 6) is -2.12. The lowest BCUT2D eigenvalue weighted by Gasteiger charge is -2.62. The number of fused-ring (bicyclic) bond motifs is 5. The maximum absolute atomic E-state index is 16.9. The van der Waals surface area contributed by atoms with Crippen LogP contribution in [-0.2, 0) is 9.59 Å². The van der Waals surface area contributed by atoms with Crippen molar-refractivity contribution in [2.75, 3.05) is 6.61 Å². The Kier molecular flexibility index (Phi) is 4.15. The molecule has 0 aromatic carbocycles. The molecule has 3 fully saturated rings. The number of hydrogen-bond donors (Lipinski definition) is 3. The van der Waals surface area contributed by atoms with Crippen molar-refractivity contribution in [2.24, 2.45) is 28.6 Å². The van der Waals surface area contributed by atoms with E-state index in [2.05, 4.69) is 0 Å². The van der Waals surface area contributed by atoms with Crippen LogP contribution in [0.5, 0.6) is 0 Å². The molecule has 0 bridgehead atoms. The van der Waals surface area contributed by atoms with E-state index in [-0.39, 0.29) is 18.1 Å². The van der Waals surface area contributed by atoms with Crippen LogP contribution in [0.4, 0.5) is 4.39 Å². The van der Waals surface area contributed by atoms with E-state index in [1.807, 2.05) is 0 Å². The Bertz CT molecular complexity index is 805. The first-order chi connectivity index (χ1) is 13.0. The van der Waals surface area contributed by atoms with Crippen molar-refractivity contribution in [3.8, 4) is 0 Å². The topological polar surface area (TPSA) is 94.8 Å². The Morgan fingerprint density at radius 1 is 1.32 bits per heavy atom. The molecule has 0 aromatic heterocycles. The van der Waals surface area contributed by atoms with Gasteiger partial charge in [0.05, 0.1) is 6.10 Å². The van der Waals surface area contributed by atoms with Gasteiger partial charge in [-0.3, -0.25) is 9.59 Å². The second-order valence-electron chi connectivity index (χ2n) is 9.75. The smallest absolute Gasteiger partial charge is 0.190 e. The molecule has 0 aliphatic heterocycles. The highest BCUT2D eigenvalue weighted by atomic mass is 19.1. The highest BCUT2D eigenvalue weighted by Gasteiger charge is 2.75. The zero-order valence-electron chi connectivity index (χ0n) is 16.6. The van der Waals surface area contributed by atoms with Crippen LogP contribution < -0.4 is 0 Å². The number of alkyl halides is 1. The van der Waals surface area contributed by atoms with Crippen molar-refractivity contribution >= 4 is 11.6 Å². The summed E-state index contributed by atoms with van der Waals surface area (Å²) in [5, 5.41) is 32.0. The van der Waals surface area contributed by atoms with Gasteiger partial charge >= 0.3 is 0 Å². The third-order valence-electron chi connectivity index (χ3n) is 8.79. The molecule has 0 saturated heterocycles. The molecular formula is C22H29FO5. The molecule has 5 nitrogen and oxygen atoms in total. The lowest BCUT2D eigenvalue weighted by Crippen LogP contribution is -2.69. The van der Waals surface area contributed by atoms with Crippen LogP contribution in [0.3, 0.4) is 0 Å². The molecule has 6 heteroatoms. The van der Waals surface area contributed by atoms with Crippen molar-refractivity contribution in [1.29, 1.82) is 0 Å². The molecule has 3 saturated carbocycles. The number of Topliss-reactive ketones (excluding diaryl/α,β-unsaturated/α-hetero) is 1. The van der Waals surface area contributed by atoms with Gasteiger partial charge in [0.25, 0.3) is 0 Å². The molecule has 0 aromatic rings. The van der Waals surface area contributed by atoms with Crippen LogP contribution in [0.2, 0.25) is 0 Å². The van der Waals surface area contributed by atoms with Crippen molar-refractivity contribution in [2.45, 2.75) is 63.8 Å². The van der Waals surface area contributed by atoms with Gasteiger partial charge in [-0.05, 0) is 56.6 Å². The van der Waals surface area contributed by atoms with Gasteiger partial charge in [-0.15, -0.1) is 0 Å². The number of aliphatic hydroxyl groups is 3. The van der Waals surface area contributed by atoms with Gasteiger partial charge in [0.1, 0.15) is 12.2 Å². The van der Waals surface area contributed by atoms with Gasteiger partial charge in [-0.25, -0.2) is 4.39 Å². The molecule has 4 aliphatic carbocycles. The standard InChI is InChI=1S/C22H29FO5/c1-12-8-16-15-5-4-13-9-14(25)6-7-19(13,2)21(15,23)17(26)10-20(16,3)22(12,28)18(27)11-24/h6-7,9,12,15-17,24,26,28H,4-5,8,10-11H2,1-3H3/t12-,15+,16-,17-,19+,20+,21+,22+/m1/s1. The SMILES string of the molecule is C[C@@H]1C[C@@H]2[C@@H]3CCC4=CC(=O)C=C[C@]4(C)[C@@]3(F)[C@H](O)C[C@]2(C)[C@@]1(O)C(=O)CO. The predicted molar refractivity (Wildman–Crippen MR) is 99.9 cm³/mol. The lowest BCUT2D eigenvalue weighted by atomic mass is 9.44. The molecule has 0 amide bonds. The number of hydrogen-bond acceptors (Lipinski definition) is 5. The minimum Gasteiger partial charge on any atom is -0.390 e. The molecule has 0 unspecified atom stereocenters. The first-order valence-electron chi connectivity index (χ1n) is 10.1. The fourth-order valence-corrected chi connectivity index (χ4v) is 7.26. The number of carbonyl (C=O) groups is 2. The second-order valence-corrected chi connectivity index (χ2v) is 9.75. The van der Waals surface area contributed by atoms with Crippen LogP contribution in [0.15, 0.2) is 23.8 Å². The summed E-state index contributed by atoms with van der Waals surface area (Å²) in [5.41, 5.74) is -5.17. The second kappa shape index (κ2) is 5.83. The Labute approximate surface area is 164 Å². The Hall–Kier alpha value is -1.37. The van der Waals surface area contributed by atoms with Crippen molar-refractivity contribution in [1.82, 2.24) is 0 Å². The Morgan fingerprint density at radius 3 is 2.64 bits per heavy atom. The zero-order valence-corrected chi connectivity index (χ0v) is 16.6. The van der Waals surface area contributed by atoms with Gasteiger partial charge in [0.15, 0.2) is 17.2 Å². The maximum Gasteiger partial charge on any atom is 0.190 e. The lowest BCUT2D eigenvalue weighted by molar-refractivity contribution is -0.219. The highest BCUT2D eigenvalue weighted by molar-refractivity contribution is 6.01. The number of allylic oxidation sites excluding steroid dienone is 4. The zero-order chi connectivity index (χ0) is 20.7. The summed E-state index contributed by atoms with van der Waals surface area (Å²) < 4.78 is 16.9. The van der Waals surface area contributed by atoms with Crippen LogP contribution in [-0.4, -0.2) is 50.9 Å². The average Bonchev–Trinajstić information content (AvgIpc) is 2.84.